The molecule has 1 aliphatic carbocycles. The Balaban J connectivity index is 2.09. The molecule has 0 bridgehead atoms. The Labute approximate surface area is 96.0 Å². The summed E-state index contributed by atoms with van der Waals surface area (Å²) in [5, 5.41) is 3.59. The van der Waals surface area contributed by atoms with Gasteiger partial charge in [0.2, 0.25) is 0 Å². The van der Waals surface area contributed by atoms with Crippen molar-refractivity contribution in [3.8, 4) is 0 Å². The highest BCUT2D eigenvalue weighted by Crippen LogP contribution is 2.55. The molecule has 0 saturated heterocycles. The van der Waals surface area contributed by atoms with Crippen LogP contribution in [0.1, 0.15) is 53.9 Å². The van der Waals surface area contributed by atoms with E-state index in [1.54, 1.807) is 0 Å². The molecule has 0 heterocycles. The number of rotatable bonds is 7. The fraction of sp³-hybridized carbons (Fsp3) is 1.00. The van der Waals surface area contributed by atoms with E-state index in [0.29, 0.717) is 5.41 Å². The first-order chi connectivity index (χ1) is 6.94. The van der Waals surface area contributed by atoms with Crippen molar-refractivity contribution in [3.63, 3.8) is 0 Å². The van der Waals surface area contributed by atoms with Gasteiger partial charge in [0, 0.05) is 0 Å². The first-order valence-electron chi connectivity index (χ1n) is 6.65. The maximum Gasteiger partial charge on any atom is -0.00150 e. The van der Waals surface area contributed by atoms with E-state index in [1.165, 1.54) is 32.4 Å². The predicted octanol–water partition coefficient (Wildman–Crippen LogP) is 3.69. The highest BCUT2D eigenvalue weighted by Gasteiger charge is 2.48. The highest BCUT2D eigenvalue weighted by molar-refractivity contribution is 4.99. The van der Waals surface area contributed by atoms with E-state index in [4.69, 9.17) is 0 Å². The summed E-state index contributed by atoms with van der Waals surface area (Å²) in [5.74, 6) is 2.60. The summed E-state index contributed by atoms with van der Waals surface area (Å²) < 4.78 is 0. The molecule has 1 saturated carbocycles. The van der Waals surface area contributed by atoms with Crippen LogP contribution in [0.2, 0.25) is 0 Å². The standard InChI is InChI=1S/C14H29N/c1-11(2)6-7-14(5)8-13(14)10-15-9-12(3)4/h11-13,15H,6-10H2,1-5H3. The minimum Gasteiger partial charge on any atom is -0.316 e. The second kappa shape index (κ2) is 5.34. The zero-order valence-corrected chi connectivity index (χ0v) is 11.3. The smallest absolute Gasteiger partial charge is 0.00150 e. The highest BCUT2D eigenvalue weighted by atomic mass is 14.9. The Morgan fingerprint density at radius 3 is 2.40 bits per heavy atom. The van der Waals surface area contributed by atoms with Crippen LogP contribution in [0.4, 0.5) is 0 Å². The molecule has 1 rings (SSSR count). The Hall–Kier alpha value is -0.0400. The maximum atomic E-state index is 3.59. The van der Waals surface area contributed by atoms with E-state index in [0.717, 1.165) is 17.8 Å². The van der Waals surface area contributed by atoms with E-state index in [1.807, 2.05) is 0 Å². The first-order valence-corrected chi connectivity index (χ1v) is 6.65. The van der Waals surface area contributed by atoms with Crippen LogP contribution in [0.25, 0.3) is 0 Å². The molecule has 0 aromatic heterocycles. The van der Waals surface area contributed by atoms with Crippen molar-refractivity contribution < 1.29 is 0 Å². The number of hydrogen-bond acceptors (Lipinski definition) is 1. The quantitative estimate of drug-likeness (QED) is 0.677. The van der Waals surface area contributed by atoms with Crippen LogP contribution in [0, 0.1) is 23.2 Å². The Morgan fingerprint density at radius 2 is 1.87 bits per heavy atom. The fourth-order valence-electron chi connectivity index (χ4n) is 2.29. The molecule has 1 N–H and O–H groups in total. The van der Waals surface area contributed by atoms with E-state index in [2.05, 4.69) is 39.9 Å². The Morgan fingerprint density at radius 1 is 1.20 bits per heavy atom. The van der Waals surface area contributed by atoms with E-state index in [-0.39, 0.29) is 0 Å². The average Bonchev–Trinajstić information content (AvgIpc) is 2.74. The van der Waals surface area contributed by atoms with Gasteiger partial charge in [-0.2, -0.15) is 0 Å². The molecule has 0 aromatic rings. The van der Waals surface area contributed by atoms with Gasteiger partial charge in [-0.05, 0) is 49.1 Å². The van der Waals surface area contributed by atoms with Crippen molar-refractivity contribution in [3.05, 3.63) is 0 Å². The molecule has 0 aliphatic heterocycles. The molecule has 0 spiro atoms. The van der Waals surface area contributed by atoms with Crippen molar-refractivity contribution in [2.45, 2.75) is 53.9 Å². The van der Waals surface area contributed by atoms with E-state index >= 15 is 0 Å². The van der Waals surface area contributed by atoms with Crippen LogP contribution in [-0.2, 0) is 0 Å². The molecule has 0 amide bonds. The number of nitrogens with one attached hydrogen (secondary N) is 1. The van der Waals surface area contributed by atoms with Gasteiger partial charge in [-0.15, -0.1) is 0 Å². The molecule has 0 radical (unpaired) electrons. The maximum absolute atomic E-state index is 3.59. The second-order valence-electron chi connectivity index (χ2n) is 6.54. The first kappa shape index (κ1) is 13.0. The normalized spacial score (nSPS) is 30.2. The minimum atomic E-state index is 0.675. The molecule has 2 unspecified atom stereocenters. The predicted molar refractivity (Wildman–Crippen MR) is 68.0 cm³/mol. The van der Waals surface area contributed by atoms with Crippen molar-refractivity contribution in [1.29, 1.82) is 0 Å². The Kier molecular flexibility index (Phi) is 4.64. The van der Waals surface area contributed by atoms with Crippen LogP contribution in [0.5, 0.6) is 0 Å². The molecule has 1 heteroatoms. The van der Waals surface area contributed by atoms with Gasteiger partial charge in [0.15, 0.2) is 0 Å². The van der Waals surface area contributed by atoms with Gasteiger partial charge < -0.3 is 5.32 Å². The van der Waals surface area contributed by atoms with Crippen molar-refractivity contribution in [2.75, 3.05) is 13.1 Å². The lowest BCUT2D eigenvalue weighted by atomic mass is 9.95. The van der Waals surface area contributed by atoms with Crippen LogP contribution in [0.15, 0.2) is 0 Å². The van der Waals surface area contributed by atoms with Gasteiger partial charge >= 0.3 is 0 Å². The second-order valence-corrected chi connectivity index (χ2v) is 6.54. The third-order valence-electron chi connectivity index (χ3n) is 3.77. The molecule has 2 atom stereocenters. The van der Waals surface area contributed by atoms with E-state index < -0.39 is 0 Å². The molecule has 15 heavy (non-hydrogen) atoms. The summed E-state index contributed by atoms with van der Waals surface area (Å²) >= 11 is 0. The van der Waals surface area contributed by atoms with Crippen molar-refractivity contribution >= 4 is 0 Å². The molecular formula is C14H29N. The average molecular weight is 211 g/mol. The van der Waals surface area contributed by atoms with E-state index in [9.17, 15) is 0 Å². The fourth-order valence-corrected chi connectivity index (χ4v) is 2.29. The molecule has 1 fully saturated rings. The summed E-state index contributed by atoms with van der Waals surface area (Å²) in [5.41, 5.74) is 0.675. The summed E-state index contributed by atoms with van der Waals surface area (Å²) in [6, 6.07) is 0. The lowest BCUT2D eigenvalue weighted by Crippen LogP contribution is -2.23. The van der Waals surface area contributed by atoms with Gasteiger partial charge in [-0.25, -0.2) is 0 Å². The van der Waals surface area contributed by atoms with Gasteiger partial charge in [0.25, 0.3) is 0 Å². The summed E-state index contributed by atoms with van der Waals surface area (Å²) in [6.45, 7) is 14.1. The molecular weight excluding hydrogens is 182 g/mol. The Bertz CT molecular complexity index is 186. The van der Waals surface area contributed by atoms with Crippen LogP contribution in [-0.4, -0.2) is 13.1 Å². The van der Waals surface area contributed by atoms with Crippen LogP contribution in [0.3, 0.4) is 0 Å². The topological polar surface area (TPSA) is 12.0 Å². The lowest BCUT2D eigenvalue weighted by molar-refractivity contribution is 0.391. The van der Waals surface area contributed by atoms with Crippen molar-refractivity contribution in [1.82, 2.24) is 5.32 Å². The monoisotopic (exact) mass is 211 g/mol. The van der Waals surface area contributed by atoms with Crippen LogP contribution >= 0.6 is 0 Å². The molecule has 1 aliphatic rings. The zero-order chi connectivity index (χ0) is 11.5. The van der Waals surface area contributed by atoms with Gasteiger partial charge in [-0.1, -0.05) is 41.0 Å². The van der Waals surface area contributed by atoms with Gasteiger partial charge in [0.05, 0.1) is 0 Å². The van der Waals surface area contributed by atoms with Crippen LogP contribution < -0.4 is 5.32 Å². The minimum absolute atomic E-state index is 0.675. The number of hydrogen-bond donors (Lipinski definition) is 1. The molecule has 0 aromatic carbocycles. The third-order valence-corrected chi connectivity index (χ3v) is 3.77. The zero-order valence-electron chi connectivity index (χ0n) is 11.3. The third kappa shape index (κ3) is 4.55. The summed E-state index contributed by atoms with van der Waals surface area (Å²) in [7, 11) is 0. The lowest BCUT2D eigenvalue weighted by Gasteiger charge is -2.14. The SMILES string of the molecule is CC(C)CCC1(C)CC1CNCC(C)C. The molecule has 90 valence electrons. The van der Waals surface area contributed by atoms with Crippen molar-refractivity contribution in [2.24, 2.45) is 23.2 Å². The summed E-state index contributed by atoms with van der Waals surface area (Å²) in [4.78, 5) is 0. The molecule has 1 nitrogen and oxygen atoms in total. The van der Waals surface area contributed by atoms with Gasteiger partial charge in [0.1, 0.15) is 0 Å². The summed E-state index contributed by atoms with van der Waals surface area (Å²) in [6.07, 6.45) is 4.28. The largest absolute Gasteiger partial charge is 0.316 e. The van der Waals surface area contributed by atoms with Gasteiger partial charge in [-0.3, -0.25) is 0 Å².